The first-order valence-electron chi connectivity index (χ1n) is 13.0. The Labute approximate surface area is 212 Å². The zero-order chi connectivity index (χ0) is 25.1. The average Bonchev–Trinajstić information content (AvgIpc) is 2.84. The Morgan fingerprint density at radius 2 is 1.35 bits per heavy atom. The maximum atomic E-state index is 12.1. The van der Waals surface area contributed by atoms with Crippen LogP contribution in [0.2, 0.25) is 0 Å². The second-order valence-electron chi connectivity index (χ2n) is 8.52. The number of nitrogens with one attached hydrogen (secondary N) is 1. The lowest BCUT2D eigenvalue weighted by Gasteiger charge is -2.22. The van der Waals surface area contributed by atoms with Crippen LogP contribution < -0.4 is 5.32 Å². The highest BCUT2D eigenvalue weighted by Crippen LogP contribution is 2.10. The van der Waals surface area contributed by atoms with Gasteiger partial charge in [0.2, 0.25) is 5.91 Å². The van der Waals surface area contributed by atoms with Gasteiger partial charge in [-0.15, -0.1) is 11.8 Å². The largest absolute Gasteiger partial charge is 0.469 e. The average molecular weight is 497 g/mol. The van der Waals surface area contributed by atoms with Crippen LogP contribution in [-0.4, -0.2) is 61.1 Å². The molecule has 0 aromatic heterocycles. The lowest BCUT2D eigenvalue weighted by Crippen LogP contribution is -2.32. The van der Waals surface area contributed by atoms with Gasteiger partial charge >= 0.3 is 0 Å². The van der Waals surface area contributed by atoms with Crippen molar-refractivity contribution in [3.63, 3.8) is 0 Å². The van der Waals surface area contributed by atoms with E-state index in [4.69, 9.17) is 4.74 Å². The Hall–Kier alpha value is -1.60. The maximum absolute atomic E-state index is 12.1. The SMILES string of the molecule is C=CO/C(=C\C)CSCC(=O)NCCCN(CCCCCCCC=O)CCCCCCCC=O. The number of thioether (sulfide) groups is 1. The molecule has 0 spiro atoms. The molecule has 0 bridgehead atoms. The third-order valence-corrected chi connectivity index (χ3v) is 6.56. The molecular formula is C27H48N2O4S. The summed E-state index contributed by atoms with van der Waals surface area (Å²) in [5, 5.41) is 3.03. The fraction of sp³-hybridized carbons (Fsp3) is 0.741. The van der Waals surface area contributed by atoms with Crippen molar-refractivity contribution in [2.24, 2.45) is 0 Å². The zero-order valence-corrected chi connectivity index (χ0v) is 22.3. The molecule has 34 heavy (non-hydrogen) atoms. The number of carbonyl (C=O) groups excluding carboxylic acids is 3. The molecule has 0 aliphatic heterocycles. The van der Waals surface area contributed by atoms with E-state index >= 15 is 0 Å². The number of ether oxygens (including phenoxy) is 1. The van der Waals surface area contributed by atoms with Crippen molar-refractivity contribution >= 4 is 30.2 Å². The summed E-state index contributed by atoms with van der Waals surface area (Å²) in [7, 11) is 0. The molecule has 1 amide bonds. The number of aldehydes is 2. The third-order valence-electron chi connectivity index (χ3n) is 5.60. The summed E-state index contributed by atoms with van der Waals surface area (Å²) in [4.78, 5) is 35.4. The molecule has 196 valence electrons. The van der Waals surface area contributed by atoms with Crippen LogP contribution in [0, 0.1) is 0 Å². The number of amides is 1. The predicted octanol–water partition coefficient (Wildman–Crippen LogP) is 5.67. The summed E-state index contributed by atoms with van der Waals surface area (Å²) in [5.41, 5.74) is 0. The Morgan fingerprint density at radius 3 is 1.88 bits per heavy atom. The fourth-order valence-electron chi connectivity index (χ4n) is 3.64. The van der Waals surface area contributed by atoms with Crippen LogP contribution in [0.15, 0.2) is 24.7 Å². The summed E-state index contributed by atoms with van der Waals surface area (Å²) in [5.74, 6) is 1.97. The lowest BCUT2D eigenvalue weighted by molar-refractivity contribution is -0.118. The number of rotatable bonds is 26. The smallest absolute Gasteiger partial charge is 0.230 e. The lowest BCUT2D eigenvalue weighted by atomic mass is 10.1. The molecule has 0 aliphatic rings. The van der Waals surface area contributed by atoms with Gasteiger partial charge in [-0.3, -0.25) is 4.79 Å². The van der Waals surface area contributed by atoms with Crippen molar-refractivity contribution < 1.29 is 19.1 Å². The second kappa shape index (κ2) is 26.0. The molecule has 0 heterocycles. The van der Waals surface area contributed by atoms with Gasteiger partial charge in [-0.2, -0.15) is 0 Å². The van der Waals surface area contributed by atoms with Gasteiger partial charge in [-0.1, -0.05) is 45.1 Å². The molecule has 0 aromatic carbocycles. The summed E-state index contributed by atoms with van der Waals surface area (Å²) < 4.78 is 5.27. The molecule has 0 aromatic rings. The highest BCUT2D eigenvalue weighted by atomic mass is 32.2. The van der Waals surface area contributed by atoms with Gasteiger partial charge in [0, 0.05) is 19.4 Å². The number of nitrogens with zero attached hydrogens (tertiary/aromatic N) is 1. The Balaban J connectivity index is 4.10. The molecule has 0 rings (SSSR count). The minimum atomic E-state index is 0.0660. The first-order chi connectivity index (χ1) is 16.7. The molecule has 0 saturated heterocycles. The fourth-order valence-corrected chi connectivity index (χ4v) is 4.47. The molecular weight excluding hydrogens is 448 g/mol. The molecule has 0 fully saturated rings. The van der Waals surface area contributed by atoms with Gasteiger partial charge in [-0.05, 0) is 64.7 Å². The summed E-state index contributed by atoms with van der Waals surface area (Å²) in [6.07, 6.45) is 19.1. The van der Waals surface area contributed by atoms with Gasteiger partial charge in [0.05, 0.1) is 17.8 Å². The topological polar surface area (TPSA) is 75.7 Å². The third kappa shape index (κ3) is 22.2. The second-order valence-corrected chi connectivity index (χ2v) is 9.51. The van der Waals surface area contributed by atoms with Gasteiger partial charge in [0.1, 0.15) is 18.3 Å². The number of hydrogen-bond acceptors (Lipinski definition) is 6. The minimum Gasteiger partial charge on any atom is -0.469 e. The van der Waals surface area contributed by atoms with Gasteiger partial charge in [0.15, 0.2) is 0 Å². The quantitative estimate of drug-likeness (QED) is 0.0944. The van der Waals surface area contributed by atoms with Crippen LogP contribution in [0.3, 0.4) is 0 Å². The highest BCUT2D eigenvalue weighted by Gasteiger charge is 2.07. The number of carbonyl (C=O) groups is 3. The van der Waals surface area contributed by atoms with E-state index in [0.717, 1.165) is 70.1 Å². The Kier molecular flexibility index (Phi) is 24.8. The van der Waals surface area contributed by atoms with Crippen molar-refractivity contribution in [1.29, 1.82) is 0 Å². The normalized spacial score (nSPS) is 11.4. The summed E-state index contributed by atoms with van der Waals surface area (Å²) in [6.45, 7) is 9.35. The molecule has 6 nitrogen and oxygen atoms in total. The van der Waals surface area contributed by atoms with Crippen molar-refractivity contribution in [2.45, 2.75) is 90.4 Å². The monoisotopic (exact) mass is 496 g/mol. The van der Waals surface area contributed by atoms with E-state index < -0.39 is 0 Å². The van der Waals surface area contributed by atoms with Crippen molar-refractivity contribution in [1.82, 2.24) is 10.2 Å². The first kappa shape index (κ1) is 32.4. The Bertz CT molecular complexity index is 533. The molecule has 0 radical (unpaired) electrons. The molecule has 0 aliphatic carbocycles. The number of allylic oxidation sites excluding steroid dienone is 1. The molecule has 1 N–H and O–H groups in total. The number of hydrogen-bond donors (Lipinski definition) is 1. The van der Waals surface area contributed by atoms with Crippen LogP contribution in [0.25, 0.3) is 0 Å². The Morgan fingerprint density at radius 1 is 0.824 bits per heavy atom. The van der Waals surface area contributed by atoms with Gasteiger partial charge in [0.25, 0.3) is 0 Å². The first-order valence-corrected chi connectivity index (χ1v) is 14.2. The molecule has 0 saturated carbocycles. The van der Waals surface area contributed by atoms with Crippen LogP contribution in [0.1, 0.15) is 90.4 Å². The summed E-state index contributed by atoms with van der Waals surface area (Å²) >= 11 is 1.54. The molecule has 0 atom stereocenters. The van der Waals surface area contributed by atoms with Crippen molar-refractivity contribution in [2.75, 3.05) is 37.7 Å². The predicted molar refractivity (Wildman–Crippen MR) is 144 cm³/mol. The van der Waals surface area contributed by atoms with E-state index in [9.17, 15) is 14.4 Å². The van der Waals surface area contributed by atoms with Crippen LogP contribution in [0.5, 0.6) is 0 Å². The van der Waals surface area contributed by atoms with Crippen LogP contribution >= 0.6 is 11.8 Å². The van der Waals surface area contributed by atoms with Crippen molar-refractivity contribution in [3.05, 3.63) is 24.7 Å². The summed E-state index contributed by atoms with van der Waals surface area (Å²) in [6, 6.07) is 0. The van der Waals surface area contributed by atoms with Crippen LogP contribution in [0.4, 0.5) is 0 Å². The number of unbranched alkanes of at least 4 members (excludes halogenated alkanes) is 10. The van der Waals surface area contributed by atoms with E-state index in [1.54, 1.807) is 0 Å². The van der Waals surface area contributed by atoms with E-state index in [2.05, 4.69) is 16.8 Å². The van der Waals surface area contributed by atoms with Gasteiger partial charge < -0.3 is 24.5 Å². The highest BCUT2D eigenvalue weighted by molar-refractivity contribution is 8.00. The minimum absolute atomic E-state index is 0.0660. The van der Waals surface area contributed by atoms with Gasteiger partial charge in [-0.25, -0.2) is 0 Å². The van der Waals surface area contributed by atoms with Crippen molar-refractivity contribution in [3.8, 4) is 0 Å². The van der Waals surface area contributed by atoms with E-state index in [1.165, 1.54) is 56.5 Å². The van der Waals surface area contributed by atoms with E-state index in [1.807, 2.05) is 13.0 Å². The van der Waals surface area contributed by atoms with E-state index in [-0.39, 0.29) is 5.91 Å². The zero-order valence-electron chi connectivity index (χ0n) is 21.4. The van der Waals surface area contributed by atoms with Crippen LogP contribution in [-0.2, 0) is 19.1 Å². The molecule has 0 unspecified atom stereocenters. The van der Waals surface area contributed by atoms with E-state index in [0.29, 0.717) is 30.9 Å². The standard InChI is InChI=1S/C27H48N2O4S/c1-3-26(33-4-2)24-34-25-27(32)28-18-17-21-29(19-13-9-5-7-11-15-22-30)20-14-10-6-8-12-16-23-31/h3-4,22-23H,2,5-21,24-25H2,1H3,(H,28,32)/b26-3-. The maximum Gasteiger partial charge on any atom is 0.230 e. The molecule has 7 heteroatoms.